The van der Waals surface area contributed by atoms with Crippen LogP contribution in [0.3, 0.4) is 0 Å². The normalized spacial score (nSPS) is 11.0. The predicted octanol–water partition coefficient (Wildman–Crippen LogP) is 2.94. The van der Waals surface area contributed by atoms with Crippen LogP contribution in [0, 0.1) is 6.92 Å². The maximum atomic E-state index is 5.53. The lowest BCUT2D eigenvalue weighted by Crippen LogP contribution is -2.10. The predicted molar refractivity (Wildman–Crippen MR) is 77.1 cm³/mol. The molecule has 3 aromatic rings. The number of nitrogens with zero attached hydrogens (tertiary/aromatic N) is 2. The van der Waals surface area contributed by atoms with E-state index < -0.39 is 0 Å². The second-order valence-corrected chi connectivity index (χ2v) is 6.23. The first kappa shape index (κ1) is 11.6. The third-order valence-electron chi connectivity index (χ3n) is 2.61. The molecular formula is C12H12N4S2. The Morgan fingerprint density at radius 2 is 2.28 bits per heavy atom. The number of aromatic nitrogens is 2. The summed E-state index contributed by atoms with van der Waals surface area (Å²) in [5.74, 6) is 7.04. The monoisotopic (exact) mass is 276 g/mol. The largest absolute Gasteiger partial charge is 0.308 e. The van der Waals surface area contributed by atoms with Gasteiger partial charge in [0.15, 0.2) is 5.82 Å². The second-order valence-electron chi connectivity index (χ2n) is 3.96. The molecule has 0 saturated heterocycles. The summed E-state index contributed by atoms with van der Waals surface area (Å²) in [6.07, 6.45) is 0.749. The van der Waals surface area contributed by atoms with Crippen molar-refractivity contribution in [2.45, 2.75) is 13.3 Å². The Hall–Kier alpha value is -1.50. The van der Waals surface area contributed by atoms with Gasteiger partial charge in [-0.2, -0.15) is 0 Å². The van der Waals surface area contributed by atoms with Crippen LogP contribution in [-0.2, 0) is 6.42 Å². The lowest BCUT2D eigenvalue weighted by atomic mass is 10.3. The van der Waals surface area contributed by atoms with Crippen molar-refractivity contribution in [2.24, 2.45) is 5.84 Å². The topological polar surface area (TPSA) is 63.8 Å². The number of hydrazine groups is 1. The van der Waals surface area contributed by atoms with Crippen LogP contribution < -0.4 is 11.3 Å². The van der Waals surface area contributed by atoms with Crippen molar-refractivity contribution in [1.82, 2.24) is 9.97 Å². The molecule has 3 N–H and O–H groups in total. The Kier molecular flexibility index (Phi) is 2.99. The van der Waals surface area contributed by atoms with E-state index in [0.29, 0.717) is 5.82 Å². The molecule has 0 unspecified atom stereocenters. The van der Waals surface area contributed by atoms with E-state index >= 15 is 0 Å². The van der Waals surface area contributed by atoms with Crippen LogP contribution in [0.25, 0.3) is 10.2 Å². The van der Waals surface area contributed by atoms with Crippen molar-refractivity contribution in [1.29, 1.82) is 0 Å². The molecule has 0 fully saturated rings. The number of nitrogens with one attached hydrogen (secondary N) is 1. The number of anilines is 1. The summed E-state index contributed by atoms with van der Waals surface area (Å²) >= 11 is 3.38. The van der Waals surface area contributed by atoms with E-state index in [-0.39, 0.29) is 0 Å². The fraction of sp³-hybridized carbons (Fsp3) is 0.167. The van der Waals surface area contributed by atoms with Gasteiger partial charge in [-0.15, -0.1) is 22.7 Å². The van der Waals surface area contributed by atoms with Crippen molar-refractivity contribution < 1.29 is 0 Å². The first-order chi connectivity index (χ1) is 8.76. The van der Waals surface area contributed by atoms with Crippen LogP contribution in [0.2, 0.25) is 0 Å². The highest BCUT2D eigenvalue weighted by atomic mass is 32.1. The van der Waals surface area contributed by atoms with E-state index in [1.807, 2.05) is 6.07 Å². The molecule has 0 atom stereocenters. The molecule has 3 heterocycles. The second kappa shape index (κ2) is 4.64. The zero-order valence-corrected chi connectivity index (χ0v) is 11.4. The molecule has 0 radical (unpaired) electrons. The van der Waals surface area contributed by atoms with Crippen LogP contribution >= 0.6 is 22.7 Å². The van der Waals surface area contributed by atoms with Crippen LogP contribution in [0.4, 0.5) is 5.82 Å². The van der Waals surface area contributed by atoms with E-state index in [0.717, 1.165) is 22.5 Å². The third kappa shape index (κ3) is 2.10. The molecule has 0 bridgehead atoms. The summed E-state index contributed by atoms with van der Waals surface area (Å²) in [4.78, 5) is 12.5. The maximum Gasteiger partial charge on any atom is 0.152 e. The summed E-state index contributed by atoms with van der Waals surface area (Å²) in [5, 5.41) is 3.06. The zero-order valence-electron chi connectivity index (χ0n) is 9.80. The van der Waals surface area contributed by atoms with Crippen molar-refractivity contribution >= 4 is 38.7 Å². The van der Waals surface area contributed by atoms with Gasteiger partial charge in [0.2, 0.25) is 0 Å². The van der Waals surface area contributed by atoms with Gasteiger partial charge < -0.3 is 5.43 Å². The average molecular weight is 276 g/mol. The summed E-state index contributed by atoms with van der Waals surface area (Å²) < 4.78 is 0. The summed E-state index contributed by atoms with van der Waals surface area (Å²) in [6.45, 7) is 2.06. The van der Waals surface area contributed by atoms with Crippen molar-refractivity contribution in [3.05, 3.63) is 39.2 Å². The number of fused-ring (bicyclic) bond motifs is 1. The van der Waals surface area contributed by atoms with Gasteiger partial charge in [-0.3, -0.25) is 0 Å². The lowest BCUT2D eigenvalue weighted by molar-refractivity contribution is 1.01. The number of hydrogen-bond donors (Lipinski definition) is 2. The van der Waals surface area contributed by atoms with Gasteiger partial charge in [0.05, 0.1) is 5.39 Å². The molecular weight excluding hydrogens is 264 g/mol. The highest BCUT2D eigenvalue weighted by Crippen LogP contribution is 2.28. The van der Waals surface area contributed by atoms with Crippen LogP contribution in [0.5, 0.6) is 0 Å². The molecule has 18 heavy (non-hydrogen) atoms. The molecule has 92 valence electrons. The molecule has 0 aliphatic rings. The Labute approximate surface area is 112 Å². The summed E-state index contributed by atoms with van der Waals surface area (Å²) in [7, 11) is 0. The van der Waals surface area contributed by atoms with Crippen LogP contribution in [-0.4, -0.2) is 9.97 Å². The standard InChI is InChI=1S/C12H12N4S2/c1-7-5-9-11(16-13)14-10(15-12(9)18-7)6-8-3-2-4-17-8/h2-5H,6,13H2,1H3,(H,14,15,16). The number of thiophene rings is 2. The molecule has 3 rings (SSSR count). The summed E-state index contributed by atoms with van der Waals surface area (Å²) in [6, 6.07) is 6.19. The highest BCUT2D eigenvalue weighted by Gasteiger charge is 2.10. The molecule has 0 spiro atoms. The minimum Gasteiger partial charge on any atom is -0.308 e. The molecule has 0 aliphatic carbocycles. The van der Waals surface area contributed by atoms with Crippen molar-refractivity contribution in [2.75, 3.05) is 5.43 Å². The van der Waals surface area contributed by atoms with Gasteiger partial charge in [-0.1, -0.05) is 6.07 Å². The van der Waals surface area contributed by atoms with E-state index in [1.54, 1.807) is 22.7 Å². The molecule has 0 aliphatic heterocycles. The average Bonchev–Trinajstić information content (AvgIpc) is 2.96. The summed E-state index contributed by atoms with van der Waals surface area (Å²) in [5.41, 5.74) is 2.66. The highest BCUT2D eigenvalue weighted by molar-refractivity contribution is 7.18. The number of hydrogen-bond acceptors (Lipinski definition) is 6. The first-order valence-electron chi connectivity index (χ1n) is 5.52. The first-order valence-corrected chi connectivity index (χ1v) is 7.22. The fourth-order valence-electron chi connectivity index (χ4n) is 1.84. The maximum absolute atomic E-state index is 5.53. The number of aryl methyl sites for hydroxylation is 1. The minimum absolute atomic E-state index is 0.705. The Bertz CT molecular complexity index is 673. The van der Waals surface area contributed by atoms with Crippen LogP contribution in [0.1, 0.15) is 15.6 Å². The van der Waals surface area contributed by atoms with Gasteiger partial charge in [0.25, 0.3) is 0 Å². The van der Waals surface area contributed by atoms with E-state index in [4.69, 9.17) is 5.84 Å². The SMILES string of the molecule is Cc1cc2c(NN)nc(Cc3cccs3)nc2s1. The lowest BCUT2D eigenvalue weighted by Gasteiger charge is -2.04. The molecule has 0 amide bonds. The van der Waals surface area contributed by atoms with Gasteiger partial charge in [-0.25, -0.2) is 15.8 Å². The Morgan fingerprint density at radius 3 is 3.00 bits per heavy atom. The smallest absolute Gasteiger partial charge is 0.152 e. The quantitative estimate of drug-likeness (QED) is 0.570. The van der Waals surface area contributed by atoms with Crippen LogP contribution in [0.15, 0.2) is 23.6 Å². The van der Waals surface area contributed by atoms with Gasteiger partial charge in [-0.05, 0) is 24.4 Å². The van der Waals surface area contributed by atoms with Crippen molar-refractivity contribution in [3.63, 3.8) is 0 Å². The molecule has 3 aromatic heterocycles. The van der Waals surface area contributed by atoms with E-state index in [2.05, 4.69) is 39.8 Å². The molecule has 4 nitrogen and oxygen atoms in total. The number of nitrogen functional groups attached to an aromatic ring is 1. The Balaban J connectivity index is 2.07. The van der Waals surface area contributed by atoms with Gasteiger partial charge >= 0.3 is 0 Å². The molecule has 6 heteroatoms. The van der Waals surface area contributed by atoms with E-state index in [1.165, 1.54) is 9.75 Å². The fourth-order valence-corrected chi connectivity index (χ4v) is 3.44. The number of nitrogens with two attached hydrogens (primary N) is 1. The minimum atomic E-state index is 0.705. The van der Waals surface area contributed by atoms with E-state index in [9.17, 15) is 0 Å². The Morgan fingerprint density at radius 1 is 1.39 bits per heavy atom. The zero-order chi connectivity index (χ0) is 12.5. The molecule has 0 aromatic carbocycles. The van der Waals surface area contributed by atoms with Gasteiger partial charge in [0.1, 0.15) is 10.7 Å². The third-order valence-corrected chi connectivity index (χ3v) is 4.43. The van der Waals surface area contributed by atoms with Crippen molar-refractivity contribution in [3.8, 4) is 0 Å². The number of rotatable bonds is 3. The molecule has 0 saturated carbocycles. The van der Waals surface area contributed by atoms with Gasteiger partial charge in [0, 0.05) is 16.2 Å².